The number of nitrogens with zero attached hydrogens (tertiary/aromatic N) is 1. The molecule has 2 rings (SSSR count). The fraction of sp³-hybridized carbons (Fsp3) is 0.556. The molecule has 1 aromatic rings. The van der Waals surface area contributed by atoms with Crippen LogP contribution in [0.15, 0.2) is 21.9 Å². The summed E-state index contributed by atoms with van der Waals surface area (Å²) < 4.78 is 35.0. The van der Waals surface area contributed by atoms with Gasteiger partial charge in [-0.1, -0.05) is 0 Å². The summed E-state index contributed by atoms with van der Waals surface area (Å²) in [5.41, 5.74) is -1.67. The second kappa shape index (κ2) is 7.21. The van der Waals surface area contributed by atoms with Crippen molar-refractivity contribution in [2.45, 2.75) is 24.5 Å². The van der Waals surface area contributed by atoms with E-state index in [4.69, 9.17) is 9.63 Å². The minimum Gasteiger partial charge on any atom is -0.789 e. The molecule has 0 aromatic carbocycles. The standard InChI is InChI=1S/C9H14N2O12P2/c12-5-1-2-11(9(15)10-5)8-7(14)6(13)4(22-8)3-21-25(19,20)23-24(16,17)18/h1-2,4,6-8,13-14H,3H2,(H,19,20)(H,10,12,15)(H2,16,17,18)/p-2/t4-,6?,7?,8-/m1/s1. The van der Waals surface area contributed by atoms with Crippen molar-refractivity contribution in [1.29, 1.82) is 0 Å². The van der Waals surface area contributed by atoms with Gasteiger partial charge in [0.25, 0.3) is 5.56 Å². The van der Waals surface area contributed by atoms with E-state index in [1.165, 1.54) is 0 Å². The smallest absolute Gasteiger partial charge is 0.476 e. The minimum absolute atomic E-state index is 0.716. The zero-order chi connectivity index (χ0) is 19.0. The monoisotopic (exact) mass is 402 g/mol. The van der Waals surface area contributed by atoms with Gasteiger partial charge in [-0.05, 0) is 0 Å². The van der Waals surface area contributed by atoms with Crippen LogP contribution in [0.1, 0.15) is 6.23 Å². The molecule has 3 unspecified atom stereocenters. The Bertz CT molecular complexity index is 828. The quantitative estimate of drug-likeness (QED) is 0.335. The summed E-state index contributed by atoms with van der Waals surface area (Å²) in [4.78, 5) is 54.2. The van der Waals surface area contributed by atoms with Gasteiger partial charge in [-0.3, -0.25) is 23.2 Å². The molecule has 0 amide bonds. The van der Waals surface area contributed by atoms with E-state index in [-0.39, 0.29) is 0 Å². The van der Waals surface area contributed by atoms with Crippen molar-refractivity contribution >= 4 is 15.6 Å². The maximum Gasteiger partial charge on any atom is 0.476 e. The number of hydrogen-bond acceptors (Lipinski definition) is 11. The summed E-state index contributed by atoms with van der Waals surface area (Å²) in [5.74, 6) is 0. The molecule has 1 saturated heterocycles. The number of ether oxygens (including phenoxy) is 1. The van der Waals surface area contributed by atoms with E-state index in [2.05, 4.69) is 8.83 Å². The van der Waals surface area contributed by atoms with E-state index in [0.717, 1.165) is 16.8 Å². The van der Waals surface area contributed by atoms with Gasteiger partial charge in [-0.2, -0.15) is 0 Å². The lowest BCUT2D eigenvalue weighted by Crippen LogP contribution is -2.37. The van der Waals surface area contributed by atoms with E-state index in [1.807, 2.05) is 4.98 Å². The van der Waals surface area contributed by atoms with Crippen molar-refractivity contribution in [1.82, 2.24) is 9.55 Å². The third-order valence-corrected chi connectivity index (χ3v) is 5.17. The zero-order valence-corrected chi connectivity index (χ0v) is 13.8. The van der Waals surface area contributed by atoms with Crippen LogP contribution in [0.2, 0.25) is 0 Å². The SMILES string of the molecule is O=c1ccn([C@@H]2O[C@H](COP(=O)(O)OP(=O)([O-])[O-])C(O)C2O)c(=O)[nH]1. The van der Waals surface area contributed by atoms with Gasteiger partial charge in [0, 0.05) is 12.3 Å². The lowest BCUT2D eigenvalue weighted by atomic mass is 10.1. The van der Waals surface area contributed by atoms with Gasteiger partial charge in [-0.25, -0.2) is 9.36 Å². The van der Waals surface area contributed by atoms with Crippen LogP contribution in [0.25, 0.3) is 0 Å². The number of rotatable bonds is 6. The average molecular weight is 402 g/mol. The van der Waals surface area contributed by atoms with Gasteiger partial charge in [0.15, 0.2) is 6.23 Å². The number of H-pyrrole nitrogens is 1. The van der Waals surface area contributed by atoms with Crippen molar-refractivity contribution in [3.8, 4) is 0 Å². The summed E-state index contributed by atoms with van der Waals surface area (Å²) in [7, 11) is -11.1. The Morgan fingerprint density at radius 1 is 1.28 bits per heavy atom. The first kappa shape index (κ1) is 20.1. The number of phosphoric acid groups is 2. The predicted molar refractivity (Wildman–Crippen MR) is 71.7 cm³/mol. The zero-order valence-electron chi connectivity index (χ0n) is 12.0. The molecule has 0 aliphatic carbocycles. The molecular formula is C9H12N2O12P2-2. The maximum atomic E-state index is 11.7. The first-order valence-corrected chi connectivity index (χ1v) is 9.39. The molecule has 1 aromatic heterocycles. The Hall–Kier alpha value is -1.18. The molecule has 0 bridgehead atoms. The molecular weight excluding hydrogens is 390 g/mol. The van der Waals surface area contributed by atoms with Gasteiger partial charge < -0.3 is 34.2 Å². The van der Waals surface area contributed by atoms with Crippen LogP contribution < -0.4 is 21.0 Å². The third-order valence-electron chi connectivity index (χ3n) is 3.07. The molecule has 4 N–H and O–H groups in total. The van der Waals surface area contributed by atoms with Crippen molar-refractivity contribution in [3.05, 3.63) is 33.1 Å². The minimum atomic E-state index is -5.82. The number of phosphoric ester groups is 1. The van der Waals surface area contributed by atoms with E-state index >= 15 is 0 Å². The molecule has 0 saturated carbocycles. The van der Waals surface area contributed by atoms with E-state index < -0.39 is 58.0 Å². The highest BCUT2D eigenvalue weighted by atomic mass is 31.3. The highest BCUT2D eigenvalue weighted by molar-refractivity contribution is 7.59. The van der Waals surface area contributed by atoms with Gasteiger partial charge in [-0.15, -0.1) is 0 Å². The Morgan fingerprint density at radius 2 is 1.92 bits per heavy atom. The molecule has 142 valence electrons. The molecule has 16 heteroatoms. The van der Waals surface area contributed by atoms with E-state index in [1.54, 1.807) is 0 Å². The van der Waals surface area contributed by atoms with Crippen molar-refractivity contribution in [3.63, 3.8) is 0 Å². The van der Waals surface area contributed by atoms with E-state index in [9.17, 15) is 38.7 Å². The third kappa shape index (κ3) is 5.15. The molecule has 2 heterocycles. The Morgan fingerprint density at radius 3 is 2.48 bits per heavy atom. The Labute approximate surface area is 138 Å². The van der Waals surface area contributed by atoms with Crippen LogP contribution in [0.3, 0.4) is 0 Å². The van der Waals surface area contributed by atoms with Crippen molar-refractivity contribution < 1.29 is 47.6 Å². The molecule has 1 aliphatic heterocycles. The maximum absolute atomic E-state index is 11.7. The number of aromatic amines is 1. The number of aromatic nitrogens is 2. The second-order valence-electron chi connectivity index (χ2n) is 4.86. The number of aliphatic hydroxyl groups excluding tert-OH is 2. The molecule has 0 radical (unpaired) electrons. The van der Waals surface area contributed by atoms with Crippen LogP contribution in [0.4, 0.5) is 0 Å². The number of aliphatic hydroxyl groups is 2. The summed E-state index contributed by atoms with van der Waals surface area (Å²) in [6.07, 6.45) is -5.38. The van der Waals surface area contributed by atoms with Gasteiger partial charge >= 0.3 is 13.5 Å². The highest BCUT2D eigenvalue weighted by Gasteiger charge is 2.45. The first-order valence-electron chi connectivity index (χ1n) is 6.43. The largest absolute Gasteiger partial charge is 0.789 e. The number of nitrogens with one attached hydrogen (secondary N) is 1. The van der Waals surface area contributed by atoms with Gasteiger partial charge in [0.1, 0.15) is 18.3 Å². The fourth-order valence-corrected chi connectivity index (χ4v) is 3.58. The lowest BCUT2D eigenvalue weighted by Gasteiger charge is -2.30. The molecule has 5 atom stereocenters. The van der Waals surface area contributed by atoms with Crippen molar-refractivity contribution in [2.24, 2.45) is 0 Å². The summed E-state index contributed by atoms with van der Waals surface area (Å²) >= 11 is 0. The average Bonchev–Trinajstić information content (AvgIpc) is 2.71. The Balaban J connectivity index is 2.09. The second-order valence-corrected chi connectivity index (χ2v) is 7.60. The highest BCUT2D eigenvalue weighted by Crippen LogP contribution is 2.54. The van der Waals surface area contributed by atoms with Crippen LogP contribution in [-0.2, 0) is 22.7 Å². The van der Waals surface area contributed by atoms with Crippen LogP contribution in [-0.4, -0.2) is 49.6 Å². The van der Waals surface area contributed by atoms with Gasteiger partial charge in [0.05, 0.1) is 14.4 Å². The van der Waals surface area contributed by atoms with E-state index in [0.29, 0.717) is 0 Å². The topological polar surface area (TPSA) is 223 Å². The molecule has 25 heavy (non-hydrogen) atoms. The van der Waals surface area contributed by atoms with Crippen LogP contribution in [0.5, 0.6) is 0 Å². The predicted octanol–water partition coefficient (Wildman–Crippen LogP) is -3.88. The molecule has 14 nitrogen and oxygen atoms in total. The summed E-state index contributed by atoms with van der Waals surface area (Å²) in [6.45, 7) is -0.958. The number of hydrogen-bond donors (Lipinski definition) is 4. The normalized spacial score (nSPS) is 29.5. The Kier molecular flexibility index (Phi) is 5.81. The molecule has 1 aliphatic rings. The van der Waals surface area contributed by atoms with Crippen LogP contribution >= 0.6 is 15.6 Å². The van der Waals surface area contributed by atoms with Crippen LogP contribution in [0, 0.1) is 0 Å². The van der Waals surface area contributed by atoms with Gasteiger partial charge in [0.2, 0.25) is 0 Å². The van der Waals surface area contributed by atoms with Crippen molar-refractivity contribution in [2.75, 3.05) is 6.61 Å². The summed E-state index contributed by atoms with van der Waals surface area (Å²) in [6, 6.07) is 0.948. The fourth-order valence-electron chi connectivity index (χ4n) is 2.04. The summed E-state index contributed by atoms with van der Waals surface area (Å²) in [5, 5.41) is 19.7. The first-order chi connectivity index (χ1) is 11.4. The lowest BCUT2D eigenvalue weighted by molar-refractivity contribution is -0.334. The molecule has 1 fully saturated rings. The molecule has 0 spiro atoms.